The van der Waals surface area contributed by atoms with E-state index in [2.05, 4.69) is 5.32 Å². The van der Waals surface area contributed by atoms with Gasteiger partial charge in [-0.05, 0) is 20.3 Å². The molecule has 1 rings (SSSR count). The van der Waals surface area contributed by atoms with E-state index >= 15 is 0 Å². The first-order valence-corrected chi connectivity index (χ1v) is 5.77. The number of rotatable bonds is 4. The fourth-order valence-electron chi connectivity index (χ4n) is 1.86. The Morgan fingerprint density at radius 1 is 1.53 bits per heavy atom. The SMILES string of the molecule is CC(C)N(CC(N)=O)C(=O)C1CCC(=O)NC1. The lowest BCUT2D eigenvalue weighted by molar-refractivity contribution is -0.142. The fraction of sp³-hybridized carbons (Fsp3) is 0.727. The maximum Gasteiger partial charge on any atom is 0.237 e. The van der Waals surface area contributed by atoms with E-state index < -0.39 is 5.91 Å². The minimum atomic E-state index is -0.521. The average Bonchev–Trinajstić information content (AvgIpc) is 2.25. The molecular formula is C11H19N3O3. The van der Waals surface area contributed by atoms with Crippen molar-refractivity contribution in [3.05, 3.63) is 0 Å². The molecule has 0 saturated carbocycles. The molecule has 0 aromatic heterocycles. The number of hydrogen-bond acceptors (Lipinski definition) is 3. The molecule has 6 heteroatoms. The van der Waals surface area contributed by atoms with Crippen LogP contribution >= 0.6 is 0 Å². The van der Waals surface area contributed by atoms with Crippen LogP contribution in [0.5, 0.6) is 0 Å². The molecule has 1 fully saturated rings. The van der Waals surface area contributed by atoms with E-state index in [0.717, 1.165) is 0 Å². The van der Waals surface area contributed by atoms with Crippen LogP contribution in [-0.2, 0) is 14.4 Å². The number of hydrogen-bond donors (Lipinski definition) is 2. The van der Waals surface area contributed by atoms with Gasteiger partial charge < -0.3 is 16.0 Å². The van der Waals surface area contributed by atoms with Gasteiger partial charge in [-0.1, -0.05) is 0 Å². The Morgan fingerprint density at radius 2 is 2.18 bits per heavy atom. The molecule has 1 aliphatic heterocycles. The van der Waals surface area contributed by atoms with Gasteiger partial charge in [-0.2, -0.15) is 0 Å². The molecule has 3 amide bonds. The molecule has 0 radical (unpaired) electrons. The summed E-state index contributed by atoms with van der Waals surface area (Å²) in [5, 5.41) is 2.66. The molecule has 1 heterocycles. The van der Waals surface area contributed by atoms with E-state index in [1.54, 1.807) is 0 Å². The van der Waals surface area contributed by atoms with Crippen LogP contribution in [0.3, 0.4) is 0 Å². The highest BCUT2D eigenvalue weighted by molar-refractivity contribution is 5.87. The lowest BCUT2D eigenvalue weighted by Crippen LogP contribution is -2.49. The highest BCUT2D eigenvalue weighted by Crippen LogP contribution is 2.15. The first-order valence-electron chi connectivity index (χ1n) is 5.77. The molecule has 0 spiro atoms. The molecule has 0 aromatic rings. The minimum Gasteiger partial charge on any atom is -0.368 e. The Hall–Kier alpha value is -1.59. The first-order chi connectivity index (χ1) is 7.91. The van der Waals surface area contributed by atoms with Gasteiger partial charge in [0.1, 0.15) is 0 Å². The van der Waals surface area contributed by atoms with E-state index in [9.17, 15) is 14.4 Å². The normalized spacial score (nSPS) is 19.9. The molecule has 6 nitrogen and oxygen atoms in total. The van der Waals surface area contributed by atoms with E-state index in [1.165, 1.54) is 4.90 Å². The highest BCUT2D eigenvalue weighted by Gasteiger charge is 2.30. The summed E-state index contributed by atoms with van der Waals surface area (Å²) in [4.78, 5) is 35.5. The molecule has 0 aliphatic carbocycles. The summed E-state index contributed by atoms with van der Waals surface area (Å²) in [5.74, 6) is -0.903. The number of primary amides is 1. The van der Waals surface area contributed by atoms with Crippen LogP contribution in [0, 0.1) is 5.92 Å². The third kappa shape index (κ3) is 3.72. The number of carbonyl (C=O) groups excluding carboxylic acids is 3. The summed E-state index contributed by atoms with van der Waals surface area (Å²) >= 11 is 0. The van der Waals surface area contributed by atoms with Crippen molar-refractivity contribution in [2.75, 3.05) is 13.1 Å². The molecule has 1 atom stereocenters. The largest absolute Gasteiger partial charge is 0.368 e. The summed E-state index contributed by atoms with van der Waals surface area (Å²) in [6.07, 6.45) is 0.894. The van der Waals surface area contributed by atoms with Crippen molar-refractivity contribution in [2.24, 2.45) is 11.7 Å². The van der Waals surface area contributed by atoms with Crippen molar-refractivity contribution >= 4 is 17.7 Å². The van der Waals surface area contributed by atoms with E-state index in [4.69, 9.17) is 5.73 Å². The van der Waals surface area contributed by atoms with Crippen molar-refractivity contribution in [1.29, 1.82) is 0 Å². The molecule has 96 valence electrons. The Balaban J connectivity index is 2.64. The lowest BCUT2D eigenvalue weighted by atomic mass is 9.97. The van der Waals surface area contributed by atoms with Crippen molar-refractivity contribution in [3.8, 4) is 0 Å². The monoisotopic (exact) mass is 241 g/mol. The van der Waals surface area contributed by atoms with Crippen LogP contribution < -0.4 is 11.1 Å². The number of nitrogens with two attached hydrogens (primary N) is 1. The van der Waals surface area contributed by atoms with Crippen molar-refractivity contribution in [2.45, 2.75) is 32.7 Å². The summed E-state index contributed by atoms with van der Waals surface area (Å²) in [5.41, 5.74) is 5.12. The lowest BCUT2D eigenvalue weighted by Gasteiger charge is -2.31. The van der Waals surface area contributed by atoms with Gasteiger partial charge in [0, 0.05) is 19.0 Å². The van der Waals surface area contributed by atoms with Crippen LogP contribution in [0.2, 0.25) is 0 Å². The number of carbonyl (C=O) groups is 3. The van der Waals surface area contributed by atoms with Gasteiger partial charge >= 0.3 is 0 Å². The smallest absolute Gasteiger partial charge is 0.237 e. The van der Waals surface area contributed by atoms with E-state index in [0.29, 0.717) is 19.4 Å². The number of piperidine rings is 1. The van der Waals surface area contributed by atoms with Crippen LogP contribution in [0.1, 0.15) is 26.7 Å². The number of amides is 3. The van der Waals surface area contributed by atoms with Crippen molar-refractivity contribution in [1.82, 2.24) is 10.2 Å². The van der Waals surface area contributed by atoms with Gasteiger partial charge in [0.25, 0.3) is 0 Å². The molecule has 0 aromatic carbocycles. The van der Waals surface area contributed by atoms with Gasteiger partial charge in [-0.3, -0.25) is 14.4 Å². The Bertz CT molecular complexity index is 318. The predicted octanol–water partition coefficient (Wildman–Crippen LogP) is -0.765. The second kappa shape index (κ2) is 5.65. The Labute approximate surface area is 101 Å². The van der Waals surface area contributed by atoms with Crippen LogP contribution in [-0.4, -0.2) is 41.8 Å². The summed E-state index contributed by atoms with van der Waals surface area (Å²) in [7, 11) is 0. The first kappa shape index (κ1) is 13.5. The maximum absolute atomic E-state index is 12.1. The summed E-state index contributed by atoms with van der Waals surface area (Å²) in [6, 6.07) is -0.0763. The topological polar surface area (TPSA) is 92.5 Å². The zero-order valence-corrected chi connectivity index (χ0v) is 10.2. The van der Waals surface area contributed by atoms with Crippen molar-refractivity contribution < 1.29 is 14.4 Å². The van der Waals surface area contributed by atoms with Crippen LogP contribution in [0.4, 0.5) is 0 Å². The summed E-state index contributed by atoms with van der Waals surface area (Å²) < 4.78 is 0. The van der Waals surface area contributed by atoms with E-state index in [1.807, 2.05) is 13.8 Å². The van der Waals surface area contributed by atoms with Gasteiger partial charge in [-0.15, -0.1) is 0 Å². The van der Waals surface area contributed by atoms with Gasteiger partial charge in [0.05, 0.1) is 12.5 Å². The highest BCUT2D eigenvalue weighted by atomic mass is 16.2. The van der Waals surface area contributed by atoms with Gasteiger partial charge in [0.2, 0.25) is 17.7 Å². The molecule has 1 unspecified atom stereocenters. The average molecular weight is 241 g/mol. The van der Waals surface area contributed by atoms with E-state index in [-0.39, 0.29) is 30.3 Å². The molecule has 1 aliphatic rings. The molecular weight excluding hydrogens is 222 g/mol. The minimum absolute atomic E-state index is 0.0277. The zero-order chi connectivity index (χ0) is 13.0. The van der Waals surface area contributed by atoms with Gasteiger partial charge in [0.15, 0.2) is 0 Å². The third-order valence-corrected chi connectivity index (χ3v) is 2.85. The Kier molecular flexibility index (Phi) is 4.48. The van der Waals surface area contributed by atoms with Crippen LogP contribution in [0.15, 0.2) is 0 Å². The Morgan fingerprint density at radius 3 is 2.59 bits per heavy atom. The summed E-state index contributed by atoms with van der Waals surface area (Å²) in [6.45, 7) is 3.95. The second-order valence-electron chi connectivity index (χ2n) is 4.57. The predicted molar refractivity (Wildman–Crippen MR) is 61.8 cm³/mol. The third-order valence-electron chi connectivity index (χ3n) is 2.85. The van der Waals surface area contributed by atoms with Gasteiger partial charge in [-0.25, -0.2) is 0 Å². The molecule has 1 saturated heterocycles. The molecule has 3 N–H and O–H groups in total. The fourth-order valence-corrected chi connectivity index (χ4v) is 1.86. The van der Waals surface area contributed by atoms with Crippen LogP contribution in [0.25, 0.3) is 0 Å². The number of nitrogens with zero attached hydrogens (tertiary/aromatic N) is 1. The molecule has 17 heavy (non-hydrogen) atoms. The van der Waals surface area contributed by atoms with Crippen molar-refractivity contribution in [3.63, 3.8) is 0 Å². The standard InChI is InChI=1S/C11H19N3O3/c1-7(2)14(6-9(12)15)11(17)8-3-4-10(16)13-5-8/h7-8H,3-6H2,1-2H3,(H2,12,15)(H,13,16). The molecule has 0 bridgehead atoms. The zero-order valence-electron chi connectivity index (χ0n) is 10.2. The number of nitrogens with one attached hydrogen (secondary N) is 1. The second-order valence-corrected chi connectivity index (χ2v) is 4.57. The quantitative estimate of drug-likeness (QED) is 0.677. The maximum atomic E-state index is 12.1.